The van der Waals surface area contributed by atoms with Crippen molar-refractivity contribution in [2.24, 2.45) is 0 Å². The monoisotopic (exact) mass is 385 g/mol. The van der Waals surface area contributed by atoms with Gasteiger partial charge >= 0.3 is 0 Å². The molecule has 26 heavy (non-hydrogen) atoms. The van der Waals surface area contributed by atoms with Crippen molar-refractivity contribution in [3.05, 3.63) is 0 Å². The van der Waals surface area contributed by atoms with E-state index in [1.165, 1.54) is 0 Å². The third kappa shape index (κ3) is 17.0. The number of amides is 2. The molecule has 154 valence electrons. The Balaban J connectivity index is 0. The molecule has 5 N–H and O–H groups in total. The lowest BCUT2D eigenvalue weighted by Crippen LogP contribution is -2.67. The van der Waals surface area contributed by atoms with E-state index in [-0.39, 0.29) is 17.9 Å². The highest BCUT2D eigenvalue weighted by Crippen LogP contribution is 1.86. The van der Waals surface area contributed by atoms with Gasteiger partial charge in [0.05, 0.1) is 19.8 Å². The van der Waals surface area contributed by atoms with Crippen LogP contribution in [0.5, 0.6) is 0 Å². The lowest BCUT2D eigenvalue weighted by molar-refractivity contribution is -0.398. The van der Waals surface area contributed by atoms with E-state index in [0.717, 1.165) is 13.0 Å². The molecule has 2 amide bonds. The summed E-state index contributed by atoms with van der Waals surface area (Å²) >= 11 is 0. The van der Waals surface area contributed by atoms with Gasteiger partial charge in [0, 0.05) is 13.2 Å². The number of quaternary nitrogens is 1. The van der Waals surface area contributed by atoms with E-state index in [9.17, 15) is 18.4 Å². The maximum atomic E-state index is 11.6. The average molecular weight is 385 g/mol. The number of halogens is 2. The number of rotatable bonds is 12. The van der Waals surface area contributed by atoms with Gasteiger partial charge in [0.15, 0.2) is 6.04 Å². The van der Waals surface area contributed by atoms with Crippen molar-refractivity contribution >= 4 is 17.8 Å². The summed E-state index contributed by atoms with van der Waals surface area (Å²) in [4.78, 5) is 31.9. The van der Waals surface area contributed by atoms with E-state index in [0.29, 0.717) is 26.4 Å². The molecule has 0 heterocycles. The Morgan fingerprint density at radius 2 is 1.54 bits per heavy atom. The topological polar surface area (TPSA) is 144 Å². The predicted octanol–water partition coefficient (Wildman–Crippen LogP) is -2.32. The van der Waals surface area contributed by atoms with Crippen LogP contribution in [0.25, 0.3) is 0 Å². The summed E-state index contributed by atoms with van der Waals surface area (Å²) < 4.78 is 31.5. The Labute approximate surface area is 151 Å². The molecule has 2 atom stereocenters. The molecule has 0 radical (unpaired) electrons. The minimum absolute atomic E-state index is 0.232. The van der Waals surface area contributed by atoms with Gasteiger partial charge in [-0.1, -0.05) is 6.92 Å². The Morgan fingerprint density at radius 1 is 1.04 bits per heavy atom. The minimum Gasteiger partial charge on any atom is -0.544 e. The fourth-order valence-corrected chi connectivity index (χ4v) is 1.29. The standard InChI is InChI=1S/C13H27N3O4.C2H2F2O2/c1-4-6-19-8-9-20-7-5-15-13(18)11(3)16-12(17)10(2)14;3-1(4)2(5)6/h10-11H,4-9,14H2,1-3H3,(H,15,18)(H,16,17);1H,(H,5,6). The first-order chi connectivity index (χ1) is 12.1. The first kappa shape index (κ1) is 26.4. The van der Waals surface area contributed by atoms with Gasteiger partial charge in [0.25, 0.3) is 12.3 Å². The normalized spacial score (nSPS) is 12.6. The summed E-state index contributed by atoms with van der Waals surface area (Å²) in [6, 6.07) is -0.948. The number of ether oxygens (including phenoxy) is 2. The first-order valence-corrected chi connectivity index (χ1v) is 8.19. The fraction of sp³-hybridized carbons (Fsp3) is 0.800. The van der Waals surface area contributed by atoms with E-state index in [2.05, 4.69) is 16.4 Å². The molecule has 9 nitrogen and oxygen atoms in total. The van der Waals surface area contributed by atoms with E-state index in [1.807, 2.05) is 6.92 Å². The molecule has 0 spiro atoms. The predicted molar refractivity (Wildman–Crippen MR) is 85.9 cm³/mol. The summed E-state index contributed by atoms with van der Waals surface area (Å²) in [7, 11) is 0. The maximum absolute atomic E-state index is 11.6. The smallest absolute Gasteiger partial charge is 0.278 e. The number of carboxylic acids is 1. The molecule has 0 aliphatic rings. The molecule has 0 saturated carbocycles. The molecule has 0 bridgehead atoms. The Hall–Kier alpha value is -1.85. The molecule has 11 heteroatoms. The highest BCUT2D eigenvalue weighted by molar-refractivity contribution is 5.88. The van der Waals surface area contributed by atoms with Crippen molar-refractivity contribution in [3.63, 3.8) is 0 Å². The van der Waals surface area contributed by atoms with Crippen LogP contribution in [0.15, 0.2) is 0 Å². The molecule has 0 aromatic heterocycles. The highest BCUT2D eigenvalue weighted by atomic mass is 19.3. The number of carbonyl (C=O) groups is 3. The van der Waals surface area contributed by atoms with Crippen molar-refractivity contribution in [3.8, 4) is 0 Å². The van der Waals surface area contributed by atoms with Gasteiger partial charge in [-0.25, -0.2) is 8.78 Å². The zero-order valence-electron chi connectivity index (χ0n) is 15.4. The average Bonchev–Trinajstić information content (AvgIpc) is 2.57. The van der Waals surface area contributed by atoms with Crippen LogP contribution < -0.4 is 21.5 Å². The first-order valence-electron chi connectivity index (χ1n) is 8.19. The minimum atomic E-state index is -3.34. The van der Waals surface area contributed by atoms with E-state index < -0.39 is 18.4 Å². The lowest BCUT2D eigenvalue weighted by Gasteiger charge is -2.14. The SMILES string of the molecule is CCCOCCOCCNC(=O)C(C)NC(=O)C(C)[NH3+].O=C([O-])C(F)F. The van der Waals surface area contributed by atoms with Crippen LogP contribution in [-0.2, 0) is 23.9 Å². The van der Waals surface area contributed by atoms with Gasteiger partial charge in [-0.2, -0.15) is 0 Å². The zero-order chi connectivity index (χ0) is 20.5. The number of nitrogens with one attached hydrogen (secondary N) is 2. The van der Waals surface area contributed by atoms with Gasteiger partial charge in [-0.05, 0) is 20.3 Å². The van der Waals surface area contributed by atoms with Crippen molar-refractivity contribution in [1.82, 2.24) is 10.6 Å². The molecule has 0 saturated heterocycles. The molecule has 0 aliphatic carbocycles. The summed E-state index contributed by atoms with van der Waals surface area (Å²) in [5, 5.41) is 14.1. The summed E-state index contributed by atoms with van der Waals surface area (Å²) in [5.74, 6) is -2.79. The number of alkyl halides is 2. The second kappa shape index (κ2) is 16.6. The third-order valence-corrected chi connectivity index (χ3v) is 2.64. The van der Waals surface area contributed by atoms with Crippen LogP contribution in [-0.4, -0.2) is 69.3 Å². The summed E-state index contributed by atoms with van der Waals surface area (Å²) in [6.07, 6.45) is -2.35. The van der Waals surface area contributed by atoms with Crippen LogP contribution in [0.1, 0.15) is 27.2 Å². The Bertz CT molecular complexity index is 411. The molecule has 0 aliphatic heterocycles. The number of hydrogen-bond donors (Lipinski definition) is 3. The molecule has 0 aromatic carbocycles. The second-order valence-corrected chi connectivity index (χ2v) is 5.27. The quantitative estimate of drug-likeness (QED) is 0.322. The lowest BCUT2D eigenvalue weighted by atomic mass is 10.2. The van der Waals surface area contributed by atoms with Gasteiger partial charge in [-0.15, -0.1) is 0 Å². The van der Waals surface area contributed by atoms with E-state index in [4.69, 9.17) is 19.4 Å². The highest BCUT2D eigenvalue weighted by Gasteiger charge is 2.18. The Kier molecular flexibility index (Phi) is 16.9. The van der Waals surface area contributed by atoms with Crippen LogP contribution >= 0.6 is 0 Å². The van der Waals surface area contributed by atoms with Crippen molar-refractivity contribution in [2.45, 2.75) is 45.7 Å². The van der Waals surface area contributed by atoms with E-state index >= 15 is 0 Å². The molecule has 0 aromatic rings. The molecule has 2 unspecified atom stereocenters. The summed E-state index contributed by atoms with van der Waals surface area (Å²) in [6.45, 7) is 8.01. The third-order valence-electron chi connectivity index (χ3n) is 2.64. The number of hydrogen-bond acceptors (Lipinski definition) is 6. The van der Waals surface area contributed by atoms with Crippen LogP contribution in [0.4, 0.5) is 8.78 Å². The van der Waals surface area contributed by atoms with Crippen molar-refractivity contribution < 1.29 is 43.5 Å². The van der Waals surface area contributed by atoms with Gasteiger partial charge in [0.2, 0.25) is 5.91 Å². The van der Waals surface area contributed by atoms with Gasteiger partial charge < -0.3 is 35.7 Å². The van der Waals surface area contributed by atoms with Crippen molar-refractivity contribution in [1.29, 1.82) is 0 Å². The van der Waals surface area contributed by atoms with Crippen molar-refractivity contribution in [2.75, 3.05) is 33.0 Å². The van der Waals surface area contributed by atoms with E-state index in [1.54, 1.807) is 13.8 Å². The number of carboxylic acid groups (broad SMARTS) is 1. The fourth-order valence-electron chi connectivity index (χ4n) is 1.29. The van der Waals surface area contributed by atoms with Crippen LogP contribution in [0.2, 0.25) is 0 Å². The van der Waals surface area contributed by atoms with Gasteiger partial charge in [-0.3, -0.25) is 9.59 Å². The molecule has 0 fully saturated rings. The largest absolute Gasteiger partial charge is 0.544 e. The molecular formula is C15H29F2N3O6. The number of aliphatic carboxylic acids is 1. The Morgan fingerprint density at radius 3 is 1.96 bits per heavy atom. The van der Waals surface area contributed by atoms with Gasteiger partial charge in [0.1, 0.15) is 12.0 Å². The van der Waals surface area contributed by atoms with Crippen LogP contribution in [0, 0.1) is 0 Å². The second-order valence-electron chi connectivity index (χ2n) is 5.27. The zero-order valence-corrected chi connectivity index (χ0v) is 15.4. The molecule has 0 rings (SSSR count). The molecular weight excluding hydrogens is 356 g/mol. The maximum Gasteiger partial charge on any atom is 0.278 e. The van der Waals surface area contributed by atoms with Crippen LogP contribution in [0.3, 0.4) is 0 Å². The summed E-state index contributed by atoms with van der Waals surface area (Å²) in [5.41, 5.74) is 3.59. The number of carbonyl (C=O) groups excluding carboxylic acids is 3.